The van der Waals surface area contributed by atoms with Crippen molar-refractivity contribution in [3.63, 3.8) is 0 Å². The number of carbonyl (C=O) groups excluding carboxylic acids is 1. The fourth-order valence-corrected chi connectivity index (χ4v) is 9.38. The largest absolute Gasteiger partial charge is 0.489 e. The highest BCUT2D eigenvalue weighted by atomic mass is 32.2. The molecule has 2 heterocycles. The lowest BCUT2D eigenvalue weighted by Crippen LogP contribution is -2.35. The SMILES string of the molecule is CC(C)(C)OC(=O)CC/C(=C\F)COc1ccc(S(=O)(=O)CC2(C#N)CCOCC2)cc1.N#CC1(CS(=O)(=O)c2ccc(OC/C(=C/F)CN)cc2)CCOCC1. The monoisotopic (exact) mass is 835 g/mol. The van der Waals surface area contributed by atoms with Crippen LogP contribution in [0.25, 0.3) is 0 Å². The molecular weight excluding hydrogens is 785 g/mol. The summed E-state index contributed by atoms with van der Waals surface area (Å²) in [5.74, 6) is -0.151. The Bertz CT molecular complexity index is 1990. The Morgan fingerprint density at radius 2 is 1.12 bits per heavy atom. The summed E-state index contributed by atoms with van der Waals surface area (Å²) in [5, 5.41) is 18.9. The molecule has 0 aromatic heterocycles. The Hall–Kier alpha value is -4.39. The van der Waals surface area contributed by atoms with Crippen LogP contribution in [-0.2, 0) is 38.7 Å². The van der Waals surface area contributed by atoms with Crippen molar-refractivity contribution in [3.05, 3.63) is 72.3 Å². The van der Waals surface area contributed by atoms with E-state index in [2.05, 4.69) is 12.1 Å². The van der Waals surface area contributed by atoms with E-state index >= 15 is 0 Å². The third kappa shape index (κ3) is 15.1. The van der Waals surface area contributed by atoms with Crippen molar-refractivity contribution in [2.45, 2.75) is 74.7 Å². The van der Waals surface area contributed by atoms with E-state index in [1.54, 1.807) is 20.8 Å². The quantitative estimate of drug-likeness (QED) is 0.190. The number of carbonyl (C=O) groups is 1. The van der Waals surface area contributed by atoms with Gasteiger partial charge in [-0.3, -0.25) is 4.79 Å². The van der Waals surface area contributed by atoms with Crippen LogP contribution in [0.3, 0.4) is 0 Å². The molecule has 2 aliphatic heterocycles. The van der Waals surface area contributed by atoms with Crippen LogP contribution in [0.4, 0.5) is 8.78 Å². The second-order valence-corrected chi connectivity index (χ2v) is 18.9. The van der Waals surface area contributed by atoms with Gasteiger partial charge in [-0.1, -0.05) is 0 Å². The molecule has 0 unspecified atom stereocenters. The Labute approximate surface area is 334 Å². The first-order valence-electron chi connectivity index (χ1n) is 18.3. The van der Waals surface area contributed by atoms with Crippen LogP contribution in [0, 0.1) is 33.5 Å². The minimum atomic E-state index is -3.67. The van der Waals surface area contributed by atoms with Gasteiger partial charge in [0.05, 0.1) is 56.9 Å². The molecule has 0 amide bonds. The van der Waals surface area contributed by atoms with Gasteiger partial charge in [0.25, 0.3) is 0 Å². The van der Waals surface area contributed by atoms with E-state index in [9.17, 15) is 40.9 Å². The number of esters is 1. The summed E-state index contributed by atoms with van der Waals surface area (Å²) in [6, 6.07) is 16.0. The first-order valence-corrected chi connectivity index (χ1v) is 21.6. The van der Waals surface area contributed by atoms with E-state index in [-0.39, 0.29) is 59.5 Å². The molecule has 2 aliphatic rings. The highest BCUT2D eigenvalue weighted by molar-refractivity contribution is 7.91. The summed E-state index contributed by atoms with van der Waals surface area (Å²) in [6.45, 7) is 6.75. The highest BCUT2D eigenvalue weighted by Crippen LogP contribution is 2.35. The van der Waals surface area contributed by atoms with E-state index in [0.717, 1.165) is 0 Å². The maximum atomic E-state index is 13.2. The topological polar surface area (TPSA) is 205 Å². The maximum absolute atomic E-state index is 13.2. The van der Waals surface area contributed by atoms with E-state index < -0.39 is 42.1 Å². The van der Waals surface area contributed by atoms with Crippen molar-refractivity contribution in [2.75, 3.05) is 57.7 Å². The third-order valence-corrected chi connectivity index (χ3v) is 13.0. The first kappa shape index (κ1) is 47.0. The number of nitrogens with zero attached hydrogens (tertiary/aromatic N) is 2. The molecule has 2 N–H and O–H groups in total. The average molecular weight is 836 g/mol. The number of halogens is 2. The van der Waals surface area contributed by atoms with Crippen molar-refractivity contribution in [3.8, 4) is 23.6 Å². The standard InChI is InChI=1S/C23H30FNO6S.C17H21FN2O4S/c1-22(2,3)31-21(26)9-4-18(14-24)15-30-19-5-7-20(8-6-19)32(27,28)17-23(16-25)10-12-29-13-11-23;18-9-14(10-19)11-24-15-1-3-16(4-2-15)25(21,22)13-17(12-20)5-7-23-8-6-17/h5-8,14H,4,9-13,15,17H2,1-3H3;1-4,9H,5-8,10-11,13,19H2/b18-14+;14-9+. The summed E-state index contributed by atoms with van der Waals surface area (Å²) in [6.07, 6.45) is 2.55. The molecule has 4 rings (SSSR count). The number of sulfone groups is 2. The molecule has 2 aromatic carbocycles. The van der Waals surface area contributed by atoms with E-state index in [1.165, 1.54) is 48.5 Å². The van der Waals surface area contributed by atoms with Crippen molar-refractivity contribution < 1.29 is 54.1 Å². The van der Waals surface area contributed by atoms with Gasteiger partial charge in [0.1, 0.15) is 30.3 Å². The van der Waals surface area contributed by atoms with Gasteiger partial charge in [-0.25, -0.2) is 25.6 Å². The normalized spacial score (nSPS) is 17.2. The number of ether oxygens (including phenoxy) is 5. The number of hydrogen-bond donors (Lipinski definition) is 1. The number of nitriles is 2. The first-order chi connectivity index (χ1) is 26.9. The van der Waals surface area contributed by atoms with Crippen LogP contribution >= 0.6 is 0 Å². The van der Waals surface area contributed by atoms with Gasteiger partial charge >= 0.3 is 5.97 Å². The molecular formula is C40H51F2N3O10S2. The van der Waals surface area contributed by atoms with Gasteiger partial charge < -0.3 is 29.4 Å². The number of hydrogen-bond acceptors (Lipinski definition) is 13. The van der Waals surface area contributed by atoms with Crippen LogP contribution < -0.4 is 15.2 Å². The van der Waals surface area contributed by atoms with Crippen molar-refractivity contribution in [1.29, 1.82) is 10.5 Å². The lowest BCUT2D eigenvalue weighted by Gasteiger charge is -2.30. The fourth-order valence-electron chi connectivity index (χ4n) is 5.78. The molecule has 0 aliphatic carbocycles. The van der Waals surface area contributed by atoms with Gasteiger partial charge in [-0.15, -0.1) is 0 Å². The van der Waals surface area contributed by atoms with Crippen LogP contribution in [0.1, 0.15) is 59.3 Å². The molecule has 2 saturated heterocycles. The zero-order valence-electron chi connectivity index (χ0n) is 32.5. The zero-order valence-corrected chi connectivity index (χ0v) is 34.1. The average Bonchev–Trinajstić information content (AvgIpc) is 3.18. The predicted molar refractivity (Wildman–Crippen MR) is 207 cm³/mol. The number of rotatable bonds is 16. The van der Waals surface area contributed by atoms with Gasteiger partial charge in [0.15, 0.2) is 19.7 Å². The number of nitrogens with two attached hydrogens (primary N) is 1. The van der Waals surface area contributed by atoms with Gasteiger partial charge in [-0.05, 0) is 107 Å². The predicted octanol–water partition coefficient (Wildman–Crippen LogP) is 6.11. The molecule has 0 saturated carbocycles. The lowest BCUT2D eigenvalue weighted by molar-refractivity contribution is -0.154. The van der Waals surface area contributed by atoms with E-state index in [4.69, 9.17) is 29.4 Å². The molecule has 2 fully saturated rings. The second-order valence-electron chi connectivity index (χ2n) is 14.9. The van der Waals surface area contributed by atoms with Crippen LogP contribution in [-0.4, -0.2) is 86.1 Å². The smallest absolute Gasteiger partial charge is 0.306 e. The molecule has 13 nitrogen and oxygen atoms in total. The summed E-state index contributed by atoms with van der Waals surface area (Å²) >= 11 is 0. The minimum Gasteiger partial charge on any atom is -0.489 e. The van der Waals surface area contributed by atoms with Crippen molar-refractivity contribution >= 4 is 25.6 Å². The summed E-state index contributed by atoms with van der Waals surface area (Å²) < 4.78 is 103. The molecule has 2 aromatic rings. The maximum Gasteiger partial charge on any atom is 0.306 e. The molecule has 0 atom stereocenters. The minimum absolute atomic E-state index is 0.00333. The lowest BCUT2D eigenvalue weighted by atomic mass is 9.84. The highest BCUT2D eigenvalue weighted by Gasteiger charge is 2.39. The third-order valence-electron chi connectivity index (χ3n) is 9.16. The Kier molecular flexibility index (Phi) is 17.6. The summed E-state index contributed by atoms with van der Waals surface area (Å²) in [7, 11) is -7.29. The Balaban J connectivity index is 0.000000315. The van der Waals surface area contributed by atoms with Crippen molar-refractivity contribution in [1.82, 2.24) is 0 Å². The molecule has 57 heavy (non-hydrogen) atoms. The zero-order chi connectivity index (χ0) is 42.2. The molecule has 0 spiro atoms. The fraction of sp³-hybridized carbons (Fsp3) is 0.525. The van der Waals surface area contributed by atoms with Crippen molar-refractivity contribution in [2.24, 2.45) is 16.6 Å². The molecule has 0 bridgehead atoms. The second kappa shape index (κ2) is 21.4. The number of benzene rings is 2. The summed E-state index contributed by atoms with van der Waals surface area (Å²) in [4.78, 5) is 12.0. The summed E-state index contributed by atoms with van der Waals surface area (Å²) in [5.41, 5.74) is 3.46. The molecule has 0 radical (unpaired) electrons. The van der Waals surface area contributed by atoms with E-state index in [1.807, 2.05) is 0 Å². The van der Waals surface area contributed by atoms with Gasteiger partial charge in [-0.2, -0.15) is 10.5 Å². The Morgan fingerprint density at radius 3 is 1.46 bits per heavy atom. The molecule has 17 heteroatoms. The Morgan fingerprint density at radius 1 is 0.737 bits per heavy atom. The van der Waals surface area contributed by atoms with E-state index in [0.29, 0.717) is 81.8 Å². The van der Waals surface area contributed by atoms with Crippen LogP contribution in [0.2, 0.25) is 0 Å². The van der Waals surface area contributed by atoms with Crippen LogP contribution in [0.5, 0.6) is 11.5 Å². The van der Waals surface area contributed by atoms with Gasteiger partial charge in [0, 0.05) is 45.0 Å². The van der Waals surface area contributed by atoms with Gasteiger partial charge in [0.2, 0.25) is 0 Å². The van der Waals surface area contributed by atoms with Crippen LogP contribution in [0.15, 0.2) is 82.1 Å². The molecule has 312 valence electrons.